The van der Waals surface area contributed by atoms with Crippen LogP contribution in [0.4, 0.5) is 0 Å². The molecule has 0 aromatic heterocycles. The Bertz CT molecular complexity index is 1370. The Labute approximate surface area is 203 Å². The van der Waals surface area contributed by atoms with E-state index in [1.165, 1.54) is 45.5 Å². The summed E-state index contributed by atoms with van der Waals surface area (Å²) in [6.07, 6.45) is 1.68. The lowest BCUT2D eigenvalue weighted by Gasteiger charge is -2.12. The lowest BCUT2D eigenvalue weighted by atomic mass is 10.0. The van der Waals surface area contributed by atoms with Gasteiger partial charge in [0.15, 0.2) is 11.5 Å². The van der Waals surface area contributed by atoms with Gasteiger partial charge in [-0.1, -0.05) is 29.8 Å². The standard InChI is InChI=1S/C25H21ClN2O5S/c1-28(2)34(30,31)22-11-7-19(8-12-22)25(29)33-23-13-4-17(15-24(23)32-3)14-20(16-27)18-5-9-21(26)10-6-18/h4-15H,1-3H3/b20-14-. The fourth-order valence-electron chi connectivity index (χ4n) is 2.97. The van der Waals surface area contributed by atoms with E-state index in [4.69, 9.17) is 21.1 Å². The van der Waals surface area contributed by atoms with Gasteiger partial charge in [0.1, 0.15) is 0 Å². The van der Waals surface area contributed by atoms with E-state index < -0.39 is 16.0 Å². The van der Waals surface area contributed by atoms with Gasteiger partial charge < -0.3 is 9.47 Å². The monoisotopic (exact) mass is 496 g/mol. The zero-order valence-corrected chi connectivity index (χ0v) is 20.2. The number of hydrogen-bond acceptors (Lipinski definition) is 6. The van der Waals surface area contributed by atoms with Crippen molar-refractivity contribution in [3.05, 3.63) is 88.4 Å². The number of carbonyl (C=O) groups is 1. The molecule has 0 saturated heterocycles. The average Bonchev–Trinajstić information content (AvgIpc) is 2.83. The molecule has 3 aromatic rings. The topological polar surface area (TPSA) is 96.7 Å². The maximum absolute atomic E-state index is 12.6. The van der Waals surface area contributed by atoms with Gasteiger partial charge in [-0.05, 0) is 65.7 Å². The number of hydrogen-bond donors (Lipinski definition) is 0. The third-order valence-electron chi connectivity index (χ3n) is 4.85. The van der Waals surface area contributed by atoms with Gasteiger partial charge in [0, 0.05) is 19.1 Å². The Hall–Kier alpha value is -3.64. The number of ether oxygens (including phenoxy) is 2. The van der Waals surface area contributed by atoms with Crippen LogP contribution in [0.25, 0.3) is 11.6 Å². The first-order valence-corrected chi connectivity index (χ1v) is 11.8. The first kappa shape index (κ1) is 25.0. The second-order valence-corrected chi connectivity index (χ2v) is 9.88. The molecule has 174 valence electrons. The number of halogens is 1. The minimum absolute atomic E-state index is 0.0664. The van der Waals surface area contributed by atoms with Gasteiger partial charge in [0.25, 0.3) is 0 Å². The molecular weight excluding hydrogens is 476 g/mol. The van der Waals surface area contributed by atoms with Crippen molar-refractivity contribution in [3.8, 4) is 17.6 Å². The number of nitrogens with zero attached hydrogens (tertiary/aromatic N) is 2. The van der Waals surface area contributed by atoms with Crippen LogP contribution in [0.2, 0.25) is 5.02 Å². The van der Waals surface area contributed by atoms with Crippen LogP contribution in [-0.2, 0) is 10.0 Å². The summed E-state index contributed by atoms with van der Waals surface area (Å²) in [5, 5.41) is 10.1. The summed E-state index contributed by atoms with van der Waals surface area (Å²) in [5.41, 5.74) is 1.98. The third-order valence-corrected chi connectivity index (χ3v) is 6.93. The maximum Gasteiger partial charge on any atom is 0.343 e. The molecule has 0 fully saturated rings. The lowest BCUT2D eigenvalue weighted by Crippen LogP contribution is -2.22. The largest absolute Gasteiger partial charge is 0.493 e. The van der Waals surface area contributed by atoms with E-state index in [1.807, 2.05) is 0 Å². The van der Waals surface area contributed by atoms with E-state index in [0.717, 1.165) is 4.31 Å². The van der Waals surface area contributed by atoms with Gasteiger partial charge in [0.05, 0.1) is 29.2 Å². The number of carbonyl (C=O) groups excluding carboxylic acids is 1. The fourth-order valence-corrected chi connectivity index (χ4v) is 3.99. The Morgan fingerprint density at radius 3 is 2.15 bits per heavy atom. The number of rotatable bonds is 7. The van der Waals surface area contributed by atoms with Crippen LogP contribution < -0.4 is 9.47 Å². The lowest BCUT2D eigenvalue weighted by molar-refractivity contribution is 0.0729. The summed E-state index contributed by atoms with van der Waals surface area (Å²) >= 11 is 5.91. The van der Waals surface area contributed by atoms with Gasteiger partial charge in [0.2, 0.25) is 10.0 Å². The molecule has 9 heteroatoms. The van der Waals surface area contributed by atoms with Crippen LogP contribution in [-0.4, -0.2) is 39.9 Å². The minimum atomic E-state index is -3.60. The predicted molar refractivity (Wildman–Crippen MR) is 130 cm³/mol. The van der Waals surface area contributed by atoms with Crippen LogP contribution in [0.15, 0.2) is 71.6 Å². The second kappa shape index (κ2) is 10.5. The normalized spacial score (nSPS) is 11.7. The van der Waals surface area contributed by atoms with Crippen LogP contribution >= 0.6 is 11.6 Å². The average molecular weight is 497 g/mol. The van der Waals surface area contributed by atoms with E-state index >= 15 is 0 Å². The summed E-state index contributed by atoms with van der Waals surface area (Å²) in [7, 11) is 0.691. The van der Waals surface area contributed by atoms with Crippen molar-refractivity contribution < 1.29 is 22.7 Å². The molecule has 0 heterocycles. The smallest absolute Gasteiger partial charge is 0.343 e. The number of sulfonamides is 1. The number of allylic oxidation sites excluding steroid dienone is 1. The van der Waals surface area contributed by atoms with E-state index in [2.05, 4.69) is 6.07 Å². The van der Waals surface area contributed by atoms with Gasteiger partial charge >= 0.3 is 5.97 Å². The van der Waals surface area contributed by atoms with Crippen molar-refractivity contribution in [2.24, 2.45) is 0 Å². The van der Waals surface area contributed by atoms with Crippen molar-refractivity contribution in [1.29, 1.82) is 5.26 Å². The van der Waals surface area contributed by atoms with Gasteiger partial charge in [-0.3, -0.25) is 0 Å². The summed E-state index contributed by atoms with van der Waals surface area (Å²) in [4.78, 5) is 12.7. The zero-order chi connectivity index (χ0) is 24.9. The molecule has 0 aliphatic heterocycles. The number of nitriles is 1. The third kappa shape index (κ3) is 5.64. The summed E-state index contributed by atoms with van der Waals surface area (Å²) < 4.78 is 36.3. The molecule has 0 unspecified atom stereocenters. The Morgan fingerprint density at radius 2 is 1.59 bits per heavy atom. The number of methoxy groups -OCH3 is 1. The van der Waals surface area contributed by atoms with Crippen LogP contribution in [0, 0.1) is 11.3 Å². The molecular formula is C25H21ClN2O5S. The van der Waals surface area contributed by atoms with Gasteiger partial charge in [-0.15, -0.1) is 0 Å². The fraction of sp³-hybridized carbons (Fsp3) is 0.120. The van der Waals surface area contributed by atoms with E-state index in [1.54, 1.807) is 48.5 Å². The molecule has 0 amide bonds. The molecule has 0 bridgehead atoms. The highest BCUT2D eigenvalue weighted by molar-refractivity contribution is 7.89. The Morgan fingerprint density at radius 1 is 0.971 bits per heavy atom. The molecule has 0 spiro atoms. The molecule has 3 aromatic carbocycles. The highest BCUT2D eigenvalue weighted by Crippen LogP contribution is 2.31. The highest BCUT2D eigenvalue weighted by Gasteiger charge is 2.19. The Kier molecular flexibility index (Phi) is 7.74. The molecule has 0 saturated carbocycles. The van der Waals surface area contributed by atoms with Gasteiger partial charge in [-0.25, -0.2) is 17.5 Å². The van der Waals surface area contributed by atoms with Crippen LogP contribution in [0.3, 0.4) is 0 Å². The molecule has 7 nitrogen and oxygen atoms in total. The van der Waals surface area contributed by atoms with E-state index in [0.29, 0.717) is 27.5 Å². The van der Waals surface area contributed by atoms with Crippen LogP contribution in [0.5, 0.6) is 11.5 Å². The van der Waals surface area contributed by atoms with Gasteiger partial charge in [-0.2, -0.15) is 5.26 Å². The maximum atomic E-state index is 12.6. The molecule has 3 rings (SSSR count). The number of benzene rings is 3. The first-order chi connectivity index (χ1) is 16.1. The molecule has 0 aliphatic carbocycles. The number of esters is 1. The second-order valence-electron chi connectivity index (χ2n) is 7.29. The quantitative estimate of drug-likeness (QED) is 0.200. The summed E-state index contributed by atoms with van der Waals surface area (Å²) in [6, 6.07) is 19.4. The predicted octanol–water partition coefficient (Wildman–Crippen LogP) is 4.88. The SMILES string of the molecule is COc1cc(/C=C(/C#N)c2ccc(Cl)cc2)ccc1OC(=O)c1ccc(S(=O)(=O)N(C)C)cc1. The molecule has 34 heavy (non-hydrogen) atoms. The minimum Gasteiger partial charge on any atom is -0.493 e. The van der Waals surface area contributed by atoms with Crippen molar-refractivity contribution in [2.75, 3.05) is 21.2 Å². The summed E-state index contributed by atoms with van der Waals surface area (Å²) in [6.45, 7) is 0. The molecule has 0 radical (unpaired) electrons. The van der Waals surface area contributed by atoms with Crippen molar-refractivity contribution in [2.45, 2.75) is 4.90 Å². The van der Waals surface area contributed by atoms with E-state index in [-0.39, 0.29) is 16.2 Å². The first-order valence-electron chi connectivity index (χ1n) is 9.96. The molecule has 0 N–H and O–H groups in total. The Balaban J connectivity index is 1.83. The summed E-state index contributed by atoms with van der Waals surface area (Å²) in [5.74, 6) is -0.198. The zero-order valence-electron chi connectivity index (χ0n) is 18.7. The van der Waals surface area contributed by atoms with Crippen molar-refractivity contribution in [1.82, 2.24) is 4.31 Å². The highest BCUT2D eigenvalue weighted by atomic mass is 35.5. The van der Waals surface area contributed by atoms with Crippen LogP contribution in [0.1, 0.15) is 21.5 Å². The molecule has 0 atom stereocenters. The van der Waals surface area contributed by atoms with E-state index in [9.17, 15) is 18.5 Å². The van der Waals surface area contributed by atoms with Crippen molar-refractivity contribution in [3.63, 3.8) is 0 Å². The van der Waals surface area contributed by atoms with Crippen molar-refractivity contribution >= 4 is 39.2 Å². The molecule has 0 aliphatic rings.